The van der Waals surface area contributed by atoms with Crippen LogP contribution in [0.4, 0.5) is 0 Å². The summed E-state index contributed by atoms with van der Waals surface area (Å²) >= 11 is 0. The zero-order valence-corrected chi connectivity index (χ0v) is 16.4. The lowest BCUT2D eigenvalue weighted by atomic mass is 9.78. The van der Waals surface area contributed by atoms with Gasteiger partial charge in [0.2, 0.25) is 5.91 Å². The predicted octanol–water partition coefficient (Wildman–Crippen LogP) is 2.66. The van der Waals surface area contributed by atoms with Crippen LogP contribution in [0.3, 0.4) is 0 Å². The molecule has 1 aromatic heterocycles. The van der Waals surface area contributed by atoms with E-state index in [2.05, 4.69) is 46.9 Å². The Morgan fingerprint density at radius 2 is 2.15 bits per heavy atom. The Morgan fingerprint density at radius 3 is 2.85 bits per heavy atom. The Morgan fingerprint density at radius 1 is 1.33 bits per heavy atom. The summed E-state index contributed by atoms with van der Waals surface area (Å²) in [6, 6.07) is 8.83. The molecule has 5 nitrogen and oxygen atoms in total. The quantitative estimate of drug-likeness (QED) is 0.855. The molecule has 1 saturated carbocycles. The van der Waals surface area contributed by atoms with Crippen molar-refractivity contribution in [1.82, 2.24) is 20.4 Å². The van der Waals surface area contributed by atoms with Crippen molar-refractivity contribution >= 4 is 5.91 Å². The number of aryl methyl sites for hydroxylation is 2. The van der Waals surface area contributed by atoms with Gasteiger partial charge in [0.05, 0.1) is 12.1 Å². The molecule has 1 aliphatic carbocycles. The molecule has 0 unspecified atom stereocenters. The molecule has 1 aliphatic heterocycles. The second kappa shape index (κ2) is 7.47. The van der Waals surface area contributed by atoms with Gasteiger partial charge in [0, 0.05) is 44.2 Å². The standard InChI is InChI=1S/C22H30N4O/c1-16-6-5-7-18(10-16)22(8-3-4-9-22)15-24-21(27)20-13-23-12-19(20)17-11-25-26(2)14-17/h5-7,10-11,14,19-20,23H,3-4,8-9,12-13,15H2,1-2H3,(H,24,27)/t19-,20+/m1/s1. The number of benzene rings is 1. The van der Waals surface area contributed by atoms with Crippen LogP contribution >= 0.6 is 0 Å². The molecule has 27 heavy (non-hydrogen) atoms. The summed E-state index contributed by atoms with van der Waals surface area (Å²) in [4.78, 5) is 13.1. The summed E-state index contributed by atoms with van der Waals surface area (Å²) in [6.45, 7) is 4.47. The fraction of sp³-hybridized carbons (Fsp3) is 0.545. The number of rotatable bonds is 5. The first-order chi connectivity index (χ1) is 13.1. The Kier molecular flexibility index (Phi) is 5.04. The van der Waals surface area contributed by atoms with Crippen LogP contribution < -0.4 is 10.6 Å². The summed E-state index contributed by atoms with van der Waals surface area (Å²) in [5, 5.41) is 11.0. The molecular formula is C22H30N4O. The van der Waals surface area contributed by atoms with Crippen LogP contribution in [0.15, 0.2) is 36.7 Å². The molecule has 2 fully saturated rings. The van der Waals surface area contributed by atoms with Crippen LogP contribution in [0.5, 0.6) is 0 Å². The van der Waals surface area contributed by atoms with Gasteiger partial charge in [-0.15, -0.1) is 0 Å². The molecule has 0 radical (unpaired) electrons. The lowest BCUT2D eigenvalue weighted by molar-refractivity contribution is -0.125. The van der Waals surface area contributed by atoms with Crippen molar-refractivity contribution in [2.24, 2.45) is 13.0 Å². The first kappa shape index (κ1) is 18.2. The van der Waals surface area contributed by atoms with Crippen LogP contribution in [0.25, 0.3) is 0 Å². The Labute approximate surface area is 161 Å². The van der Waals surface area contributed by atoms with E-state index in [0.717, 1.165) is 38.0 Å². The average Bonchev–Trinajstić information content (AvgIpc) is 3.40. The zero-order chi connectivity index (χ0) is 18.9. The number of hydrogen-bond acceptors (Lipinski definition) is 3. The van der Waals surface area contributed by atoms with Crippen molar-refractivity contribution in [3.63, 3.8) is 0 Å². The number of nitrogens with zero attached hydrogens (tertiary/aromatic N) is 2. The Balaban J connectivity index is 1.47. The predicted molar refractivity (Wildman–Crippen MR) is 107 cm³/mol. The van der Waals surface area contributed by atoms with Crippen molar-refractivity contribution in [3.05, 3.63) is 53.3 Å². The molecule has 0 bridgehead atoms. The van der Waals surface area contributed by atoms with E-state index >= 15 is 0 Å². The van der Waals surface area contributed by atoms with Gasteiger partial charge in [-0.3, -0.25) is 9.48 Å². The van der Waals surface area contributed by atoms with Crippen LogP contribution in [0.1, 0.15) is 48.3 Å². The normalized spacial score (nSPS) is 24.2. The molecule has 1 amide bonds. The minimum atomic E-state index is -0.0230. The van der Waals surface area contributed by atoms with E-state index in [-0.39, 0.29) is 23.2 Å². The third-order valence-corrected chi connectivity index (χ3v) is 6.50. The lowest BCUT2D eigenvalue weighted by Crippen LogP contribution is -2.43. The summed E-state index contributed by atoms with van der Waals surface area (Å²) in [5.41, 5.74) is 3.92. The minimum Gasteiger partial charge on any atom is -0.355 e. The molecule has 2 aliphatic rings. The van der Waals surface area contributed by atoms with Crippen LogP contribution in [-0.2, 0) is 17.3 Å². The van der Waals surface area contributed by atoms with Gasteiger partial charge in [-0.2, -0.15) is 5.10 Å². The highest BCUT2D eigenvalue weighted by Gasteiger charge is 2.39. The van der Waals surface area contributed by atoms with Gasteiger partial charge in [-0.05, 0) is 30.9 Å². The number of carbonyl (C=O) groups excluding carboxylic acids is 1. The van der Waals surface area contributed by atoms with E-state index in [1.54, 1.807) is 0 Å². The number of carbonyl (C=O) groups is 1. The van der Waals surface area contributed by atoms with Gasteiger partial charge in [-0.1, -0.05) is 42.7 Å². The SMILES string of the molecule is Cc1cccc(C2(CNC(=O)[C@H]3CNC[C@@H]3c3cnn(C)c3)CCCC2)c1. The maximum absolute atomic E-state index is 13.1. The summed E-state index contributed by atoms with van der Waals surface area (Å²) in [5.74, 6) is 0.357. The number of nitrogens with one attached hydrogen (secondary N) is 2. The highest BCUT2D eigenvalue weighted by atomic mass is 16.1. The molecule has 2 aromatic rings. The Hall–Kier alpha value is -2.14. The zero-order valence-electron chi connectivity index (χ0n) is 16.4. The van der Waals surface area contributed by atoms with E-state index in [9.17, 15) is 4.79 Å². The summed E-state index contributed by atoms with van der Waals surface area (Å²) in [7, 11) is 1.92. The van der Waals surface area contributed by atoms with Crippen molar-refractivity contribution in [2.45, 2.75) is 43.9 Å². The average molecular weight is 367 g/mol. The van der Waals surface area contributed by atoms with Gasteiger partial charge in [0.1, 0.15) is 0 Å². The van der Waals surface area contributed by atoms with Gasteiger partial charge in [0.15, 0.2) is 0 Å². The maximum atomic E-state index is 13.1. The number of aromatic nitrogens is 2. The first-order valence-corrected chi connectivity index (χ1v) is 10.1. The van der Waals surface area contributed by atoms with E-state index in [1.165, 1.54) is 24.0 Å². The smallest absolute Gasteiger partial charge is 0.225 e. The van der Waals surface area contributed by atoms with Crippen molar-refractivity contribution in [2.75, 3.05) is 19.6 Å². The van der Waals surface area contributed by atoms with Crippen LogP contribution in [0, 0.1) is 12.8 Å². The molecule has 144 valence electrons. The van der Waals surface area contributed by atoms with E-state index in [1.807, 2.05) is 24.1 Å². The largest absolute Gasteiger partial charge is 0.355 e. The third kappa shape index (κ3) is 3.65. The van der Waals surface area contributed by atoms with E-state index in [4.69, 9.17) is 0 Å². The fourth-order valence-corrected chi connectivity index (χ4v) is 4.92. The highest BCUT2D eigenvalue weighted by molar-refractivity contribution is 5.80. The van der Waals surface area contributed by atoms with Crippen molar-refractivity contribution in [1.29, 1.82) is 0 Å². The van der Waals surface area contributed by atoms with E-state index in [0.29, 0.717) is 0 Å². The minimum absolute atomic E-state index is 0.0230. The summed E-state index contributed by atoms with van der Waals surface area (Å²) in [6.07, 6.45) is 8.73. The second-order valence-corrected chi connectivity index (χ2v) is 8.39. The molecule has 0 spiro atoms. The lowest BCUT2D eigenvalue weighted by Gasteiger charge is -2.31. The summed E-state index contributed by atoms with van der Waals surface area (Å²) < 4.78 is 1.81. The van der Waals surface area contributed by atoms with Gasteiger partial charge < -0.3 is 10.6 Å². The van der Waals surface area contributed by atoms with Crippen LogP contribution in [-0.4, -0.2) is 35.3 Å². The van der Waals surface area contributed by atoms with Crippen LogP contribution in [0.2, 0.25) is 0 Å². The van der Waals surface area contributed by atoms with Gasteiger partial charge in [0.25, 0.3) is 0 Å². The van der Waals surface area contributed by atoms with Gasteiger partial charge >= 0.3 is 0 Å². The second-order valence-electron chi connectivity index (χ2n) is 8.39. The van der Waals surface area contributed by atoms with E-state index < -0.39 is 0 Å². The molecule has 1 saturated heterocycles. The first-order valence-electron chi connectivity index (χ1n) is 10.1. The monoisotopic (exact) mass is 366 g/mol. The third-order valence-electron chi connectivity index (χ3n) is 6.50. The van der Waals surface area contributed by atoms with Gasteiger partial charge in [-0.25, -0.2) is 0 Å². The molecule has 5 heteroatoms. The maximum Gasteiger partial charge on any atom is 0.225 e. The number of amides is 1. The molecule has 2 N–H and O–H groups in total. The van der Waals surface area contributed by atoms with Crippen molar-refractivity contribution < 1.29 is 4.79 Å². The molecule has 4 rings (SSSR count). The highest BCUT2D eigenvalue weighted by Crippen LogP contribution is 2.41. The van der Waals surface area contributed by atoms with Crippen molar-refractivity contribution in [3.8, 4) is 0 Å². The Bertz CT molecular complexity index is 806. The fourth-order valence-electron chi connectivity index (χ4n) is 4.92. The molecule has 2 atom stereocenters. The molecular weight excluding hydrogens is 336 g/mol. The molecule has 2 heterocycles. The number of hydrogen-bond donors (Lipinski definition) is 2. The molecule has 1 aromatic carbocycles. The topological polar surface area (TPSA) is 59.0 Å².